The molecule has 1 fully saturated rings. The molecule has 1 saturated heterocycles. The Labute approximate surface area is 135 Å². The first-order chi connectivity index (χ1) is 10.6. The molecule has 1 amide bonds. The van der Waals surface area contributed by atoms with Gasteiger partial charge in [-0.3, -0.25) is 9.69 Å². The number of rotatable bonds is 5. The standard InChI is InChI=1S/C15H24N4O2S/c1-11(2)18-3-5-21-13(10-18)7-14(20)16-8-12-9-19-4-6-22-15(19)17-12/h9,11,13H,3-8,10H2,1-2H3,(H,16,20)/t13-/m1/s1. The number of hydrogen-bond donors (Lipinski definition) is 1. The van der Waals surface area contributed by atoms with Crippen LogP contribution in [0.15, 0.2) is 11.4 Å². The Morgan fingerprint density at radius 2 is 2.41 bits per heavy atom. The van der Waals surface area contributed by atoms with Crippen LogP contribution in [0.5, 0.6) is 0 Å². The largest absolute Gasteiger partial charge is 0.375 e. The van der Waals surface area contributed by atoms with E-state index in [1.807, 2.05) is 6.20 Å². The van der Waals surface area contributed by atoms with E-state index in [4.69, 9.17) is 4.74 Å². The number of carbonyl (C=O) groups is 1. The Balaban J connectivity index is 1.44. The van der Waals surface area contributed by atoms with Crippen molar-refractivity contribution < 1.29 is 9.53 Å². The minimum absolute atomic E-state index is 0.00120. The van der Waals surface area contributed by atoms with Crippen LogP contribution in [0.4, 0.5) is 0 Å². The summed E-state index contributed by atoms with van der Waals surface area (Å²) in [5.41, 5.74) is 0.934. The van der Waals surface area contributed by atoms with Gasteiger partial charge in [-0.05, 0) is 13.8 Å². The van der Waals surface area contributed by atoms with E-state index in [-0.39, 0.29) is 12.0 Å². The minimum Gasteiger partial charge on any atom is -0.375 e. The van der Waals surface area contributed by atoms with Crippen molar-refractivity contribution in [2.24, 2.45) is 0 Å². The SMILES string of the molecule is CC(C)N1CCO[C@H](CC(=O)NCc2cn3c(n2)SCC3)C1. The molecular weight excluding hydrogens is 300 g/mol. The fourth-order valence-electron chi connectivity index (χ4n) is 2.85. The van der Waals surface area contributed by atoms with Crippen molar-refractivity contribution in [2.75, 3.05) is 25.4 Å². The van der Waals surface area contributed by atoms with Gasteiger partial charge in [0.15, 0.2) is 5.16 Å². The number of amides is 1. The summed E-state index contributed by atoms with van der Waals surface area (Å²) in [4.78, 5) is 19.0. The highest BCUT2D eigenvalue weighted by Crippen LogP contribution is 2.24. The van der Waals surface area contributed by atoms with Gasteiger partial charge in [0.2, 0.25) is 5.91 Å². The lowest BCUT2D eigenvalue weighted by molar-refractivity contribution is -0.126. The molecule has 1 aromatic heterocycles. The van der Waals surface area contributed by atoms with Gasteiger partial charge < -0.3 is 14.6 Å². The highest BCUT2D eigenvalue weighted by Gasteiger charge is 2.24. The molecule has 3 rings (SSSR count). The number of ether oxygens (including phenoxy) is 1. The molecule has 0 bridgehead atoms. The summed E-state index contributed by atoms with van der Waals surface area (Å²) in [7, 11) is 0. The lowest BCUT2D eigenvalue weighted by atomic mass is 10.1. The molecule has 3 heterocycles. The zero-order valence-corrected chi connectivity index (χ0v) is 14.1. The van der Waals surface area contributed by atoms with Crippen LogP contribution >= 0.6 is 11.8 Å². The predicted molar refractivity (Wildman–Crippen MR) is 85.9 cm³/mol. The Morgan fingerprint density at radius 3 is 3.18 bits per heavy atom. The number of carbonyl (C=O) groups excluding carboxylic acids is 1. The Hall–Kier alpha value is -1.05. The predicted octanol–water partition coefficient (Wildman–Crippen LogP) is 1.10. The van der Waals surface area contributed by atoms with E-state index in [1.165, 1.54) is 0 Å². The zero-order chi connectivity index (χ0) is 15.5. The number of morpholine rings is 1. The molecule has 6 nitrogen and oxygen atoms in total. The van der Waals surface area contributed by atoms with Crippen LogP contribution in [0, 0.1) is 0 Å². The molecule has 2 aliphatic heterocycles. The number of thioether (sulfide) groups is 1. The van der Waals surface area contributed by atoms with E-state index in [1.54, 1.807) is 11.8 Å². The van der Waals surface area contributed by atoms with E-state index in [0.717, 1.165) is 36.2 Å². The molecule has 2 aliphatic rings. The summed E-state index contributed by atoms with van der Waals surface area (Å²) >= 11 is 1.77. The van der Waals surface area contributed by atoms with Crippen LogP contribution in [0.3, 0.4) is 0 Å². The third-order valence-electron chi connectivity index (χ3n) is 4.13. The monoisotopic (exact) mass is 324 g/mol. The normalized spacial score (nSPS) is 22.0. The topological polar surface area (TPSA) is 59.4 Å². The van der Waals surface area contributed by atoms with E-state index in [2.05, 4.69) is 33.6 Å². The van der Waals surface area contributed by atoms with E-state index in [9.17, 15) is 4.79 Å². The first-order valence-corrected chi connectivity index (χ1v) is 8.91. The van der Waals surface area contributed by atoms with Crippen molar-refractivity contribution in [1.82, 2.24) is 19.8 Å². The molecule has 0 unspecified atom stereocenters. The fourth-order valence-corrected chi connectivity index (χ4v) is 3.81. The zero-order valence-electron chi connectivity index (χ0n) is 13.2. The third-order valence-corrected chi connectivity index (χ3v) is 5.10. The minimum atomic E-state index is -0.00120. The van der Waals surface area contributed by atoms with Gasteiger partial charge in [0.1, 0.15) is 0 Å². The summed E-state index contributed by atoms with van der Waals surface area (Å²) < 4.78 is 7.85. The van der Waals surface area contributed by atoms with Gasteiger partial charge in [-0.1, -0.05) is 11.8 Å². The number of aromatic nitrogens is 2. The lowest BCUT2D eigenvalue weighted by Gasteiger charge is -2.35. The number of imidazole rings is 1. The van der Waals surface area contributed by atoms with Crippen LogP contribution in [-0.4, -0.2) is 58.0 Å². The van der Waals surface area contributed by atoms with Crippen molar-refractivity contribution in [3.8, 4) is 0 Å². The average Bonchev–Trinajstić information content (AvgIpc) is 3.06. The average molecular weight is 324 g/mol. The summed E-state index contributed by atoms with van der Waals surface area (Å²) in [6, 6.07) is 0.500. The van der Waals surface area contributed by atoms with Gasteiger partial charge in [-0.2, -0.15) is 0 Å². The third kappa shape index (κ3) is 3.83. The lowest BCUT2D eigenvalue weighted by Crippen LogP contribution is -2.47. The Morgan fingerprint density at radius 1 is 1.55 bits per heavy atom. The first-order valence-electron chi connectivity index (χ1n) is 7.93. The van der Waals surface area contributed by atoms with E-state index >= 15 is 0 Å². The van der Waals surface area contributed by atoms with Gasteiger partial charge in [0, 0.05) is 37.6 Å². The molecule has 0 radical (unpaired) electrons. The van der Waals surface area contributed by atoms with Gasteiger partial charge >= 0.3 is 0 Å². The molecule has 0 saturated carbocycles. The maximum absolute atomic E-state index is 12.1. The van der Waals surface area contributed by atoms with Crippen molar-refractivity contribution in [3.63, 3.8) is 0 Å². The smallest absolute Gasteiger partial charge is 0.222 e. The molecular formula is C15H24N4O2S. The molecule has 7 heteroatoms. The molecule has 122 valence electrons. The molecule has 0 spiro atoms. The molecule has 1 aromatic rings. The Kier molecular flexibility index (Phi) is 5.05. The summed E-state index contributed by atoms with van der Waals surface area (Å²) in [5.74, 6) is 1.14. The molecule has 1 atom stereocenters. The fraction of sp³-hybridized carbons (Fsp3) is 0.733. The van der Waals surface area contributed by atoms with Gasteiger partial charge in [-0.15, -0.1) is 0 Å². The molecule has 0 aliphatic carbocycles. The second-order valence-electron chi connectivity index (χ2n) is 6.12. The van der Waals surface area contributed by atoms with Crippen LogP contribution in [-0.2, 0) is 22.6 Å². The van der Waals surface area contributed by atoms with Crippen LogP contribution in [0.25, 0.3) is 0 Å². The van der Waals surface area contributed by atoms with Gasteiger partial charge in [0.25, 0.3) is 0 Å². The van der Waals surface area contributed by atoms with Gasteiger partial charge in [-0.25, -0.2) is 4.98 Å². The highest BCUT2D eigenvalue weighted by molar-refractivity contribution is 7.99. The number of nitrogens with one attached hydrogen (secondary N) is 1. The number of fused-ring (bicyclic) bond motifs is 1. The number of nitrogens with zero attached hydrogens (tertiary/aromatic N) is 3. The molecule has 0 aromatic carbocycles. The van der Waals surface area contributed by atoms with Crippen LogP contribution in [0.1, 0.15) is 26.0 Å². The second-order valence-corrected chi connectivity index (χ2v) is 7.18. The maximum Gasteiger partial charge on any atom is 0.222 e. The van der Waals surface area contributed by atoms with E-state index in [0.29, 0.717) is 25.6 Å². The van der Waals surface area contributed by atoms with E-state index < -0.39 is 0 Å². The first kappa shape index (κ1) is 15.8. The quantitative estimate of drug-likeness (QED) is 0.879. The number of hydrogen-bond acceptors (Lipinski definition) is 5. The molecule has 22 heavy (non-hydrogen) atoms. The van der Waals surface area contributed by atoms with Crippen molar-refractivity contribution in [2.45, 2.75) is 50.7 Å². The second kappa shape index (κ2) is 7.02. The maximum atomic E-state index is 12.1. The summed E-state index contributed by atoms with van der Waals surface area (Å²) in [6.45, 7) is 8.37. The van der Waals surface area contributed by atoms with Crippen molar-refractivity contribution in [1.29, 1.82) is 0 Å². The van der Waals surface area contributed by atoms with Crippen LogP contribution < -0.4 is 5.32 Å². The molecule has 1 N–H and O–H groups in total. The van der Waals surface area contributed by atoms with Crippen molar-refractivity contribution >= 4 is 17.7 Å². The van der Waals surface area contributed by atoms with Crippen molar-refractivity contribution in [3.05, 3.63) is 11.9 Å². The summed E-state index contributed by atoms with van der Waals surface area (Å²) in [6.07, 6.45) is 2.46. The highest BCUT2D eigenvalue weighted by atomic mass is 32.2. The Bertz CT molecular complexity index is 510. The number of aryl methyl sites for hydroxylation is 1. The summed E-state index contributed by atoms with van der Waals surface area (Å²) in [5, 5.41) is 4.02. The van der Waals surface area contributed by atoms with Crippen LogP contribution in [0.2, 0.25) is 0 Å². The van der Waals surface area contributed by atoms with Gasteiger partial charge in [0.05, 0.1) is 31.4 Å².